The van der Waals surface area contributed by atoms with Crippen molar-refractivity contribution in [3.05, 3.63) is 0 Å². The monoisotopic (exact) mass is 363 g/mol. The molecule has 1 atom stereocenters. The number of nitrogens with one attached hydrogen (secondary N) is 1. The number of rotatable bonds is 7. The Labute approximate surface area is 144 Å². The van der Waals surface area contributed by atoms with Crippen molar-refractivity contribution in [2.75, 3.05) is 32.5 Å². The van der Waals surface area contributed by atoms with E-state index < -0.39 is 10.0 Å². The highest BCUT2D eigenvalue weighted by atomic mass is 32.2. The first-order valence-electron chi connectivity index (χ1n) is 8.36. The van der Waals surface area contributed by atoms with Crippen molar-refractivity contribution in [3.63, 3.8) is 0 Å². The fourth-order valence-corrected chi connectivity index (χ4v) is 3.79. The van der Waals surface area contributed by atoms with E-state index in [1.165, 1.54) is 4.31 Å². The average Bonchev–Trinajstić information content (AvgIpc) is 2.51. The molecule has 1 aliphatic rings. The predicted octanol–water partition coefficient (Wildman–Crippen LogP) is 0.784. The van der Waals surface area contributed by atoms with Crippen molar-refractivity contribution in [1.82, 2.24) is 14.5 Å². The van der Waals surface area contributed by atoms with Gasteiger partial charge in [0.15, 0.2) is 0 Å². The molecule has 0 spiro atoms. The summed E-state index contributed by atoms with van der Waals surface area (Å²) in [4.78, 5) is 25.4. The molecule has 0 radical (unpaired) electrons. The van der Waals surface area contributed by atoms with E-state index in [9.17, 15) is 18.0 Å². The van der Waals surface area contributed by atoms with Crippen LogP contribution in [0.3, 0.4) is 0 Å². The Kier molecular flexibility index (Phi) is 7.95. The third kappa shape index (κ3) is 6.27. The second-order valence-corrected chi connectivity index (χ2v) is 8.03. The topological polar surface area (TPSA) is 96.0 Å². The maximum atomic E-state index is 12.2. The van der Waals surface area contributed by atoms with Crippen LogP contribution < -0.4 is 5.32 Å². The number of carbonyl (C=O) groups is 2. The molecule has 0 aliphatic carbocycles. The molecule has 8 nitrogen and oxygen atoms in total. The zero-order valence-electron chi connectivity index (χ0n) is 14.9. The number of likely N-dealkylation sites (tertiary alicyclic amines) is 1. The highest BCUT2D eigenvalue weighted by molar-refractivity contribution is 7.88. The summed E-state index contributed by atoms with van der Waals surface area (Å²) in [6.07, 6.45) is 2.68. The van der Waals surface area contributed by atoms with Crippen LogP contribution in [0.5, 0.6) is 0 Å². The number of hydrogen-bond donors (Lipinski definition) is 1. The molecular formula is C15H29N3O5S. The van der Waals surface area contributed by atoms with Crippen molar-refractivity contribution in [1.29, 1.82) is 0 Å². The Morgan fingerprint density at radius 3 is 2.33 bits per heavy atom. The summed E-state index contributed by atoms with van der Waals surface area (Å²) in [6, 6.07) is -0.280. The standard InChI is InChI=1S/C15H29N3O5S/c1-5-12(3)18(24(4,21)22)11-14(19)16-13-7-9-17(10-8-13)15(20)23-6-2/h12-13H,5-11H2,1-4H3,(H,16,19). The second kappa shape index (κ2) is 9.22. The van der Waals surface area contributed by atoms with E-state index in [2.05, 4.69) is 5.32 Å². The van der Waals surface area contributed by atoms with Crippen LogP contribution >= 0.6 is 0 Å². The molecule has 0 aromatic rings. The van der Waals surface area contributed by atoms with Gasteiger partial charge in [0.1, 0.15) is 0 Å². The molecule has 140 valence electrons. The molecule has 24 heavy (non-hydrogen) atoms. The predicted molar refractivity (Wildman–Crippen MR) is 91.1 cm³/mol. The van der Waals surface area contributed by atoms with Crippen LogP contribution in [0.4, 0.5) is 4.79 Å². The van der Waals surface area contributed by atoms with Crippen LogP contribution in [-0.4, -0.2) is 74.2 Å². The van der Waals surface area contributed by atoms with Gasteiger partial charge in [0.2, 0.25) is 15.9 Å². The molecule has 2 amide bonds. The zero-order chi connectivity index (χ0) is 18.3. The molecule has 0 bridgehead atoms. The number of hydrogen-bond acceptors (Lipinski definition) is 5. The molecule has 1 heterocycles. The van der Waals surface area contributed by atoms with Crippen LogP contribution in [0.25, 0.3) is 0 Å². The molecule has 9 heteroatoms. The van der Waals surface area contributed by atoms with Crippen molar-refractivity contribution < 1.29 is 22.7 Å². The van der Waals surface area contributed by atoms with E-state index in [0.717, 1.165) is 6.26 Å². The SMILES string of the molecule is CCOC(=O)N1CCC(NC(=O)CN(C(C)CC)S(C)(=O)=O)CC1. The van der Waals surface area contributed by atoms with E-state index in [-0.39, 0.29) is 30.6 Å². The first kappa shape index (κ1) is 20.7. The smallest absolute Gasteiger partial charge is 0.409 e. The molecule has 1 fully saturated rings. The van der Waals surface area contributed by atoms with Gasteiger partial charge in [-0.3, -0.25) is 4.79 Å². The first-order chi connectivity index (χ1) is 11.2. The van der Waals surface area contributed by atoms with Crippen molar-refractivity contribution >= 4 is 22.0 Å². The van der Waals surface area contributed by atoms with Gasteiger partial charge in [-0.25, -0.2) is 13.2 Å². The van der Waals surface area contributed by atoms with Gasteiger partial charge in [-0.05, 0) is 33.1 Å². The maximum Gasteiger partial charge on any atom is 0.409 e. The van der Waals surface area contributed by atoms with Crippen molar-refractivity contribution in [2.24, 2.45) is 0 Å². The quantitative estimate of drug-likeness (QED) is 0.721. The van der Waals surface area contributed by atoms with Crippen LogP contribution in [0, 0.1) is 0 Å². The largest absolute Gasteiger partial charge is 0.450 e. The third-order valence-electron chi connectivity index (χ3n) is 4.19. The van der Waals surface area contributed by atoms with E-state index in [0.29, 0.717) is 39.0 Å². The van der Waals surface area contributed by atoms with E-state index >= 15 is 0 Å². The molecule has 1 N–H and O–H groups in total. The Morgan fingerprint density at radius 1 is 1.29 bits per heavy atom. The number of nitrogens with zero attached hydrogens (tertiary/aromatic N) is 2. The Morgan fingerprint density at radius 2 is 1.88 bits per heavy atom. The van der Waals surface area contributed by atoms with Crippen molar-refractivity contribution in [3.8, 4) is 0 Å². The lowest BCUT2D eigenvalue weighted by Gasteiger charge is -2.32. The molecule has 1 rings (SSSR count). The molecule has 1 aliphatic heterocycles. The van der Waals surface area contributed by atoms with Gasteiger partial charge < -0.3 is 15.0 Å². The number of ether oxygens (including phenoxy) is 1. The highest BCUT2D eigenvalue weighted by Gasteiger charge is 2.28. The highest BCUT2D eigenvalue weighted by Crippen LogP contribution is 2.13. The first-order valence-corrected chi connectivity index (χ1v) is 10.2. The van der Waals surface area contributed by atoms with Gasteiger partial charge in [0.05, 0.1) is 19.4 Å². The summed E-state index contributed by atoms with van der Waals surface area (Å²) in [5, 5.41) is 2.87. The Bertz CT molecular complexity index is 529. The zero-order valence-corrected chi connectivity index (χ0v) is 15.8. The van der Waals surface area contributed by atoms with Gasteiger partial charge >= 0.3 is 6.09 Å². The lowest BCUT2D eigenvalue weighted by Crippen LogP contribution is -2.50. The maximum absolute atomic E-state index is 12.2. The fourth-order valence-electron chi connectivity index (χ4n) is 2.64. The molecule has 0 saturated carbocycles. The normalized spacial score (nSPS) is 17.6. The minimum Gasteiger partial charge on any atom is -0.450 e. The van der Waals surface area contributed by atoms with Crippen LogP contribution in [0.1, 0.15) is 40.0 Å². The van der Waals surface area contributed by atoms with Crippen LogP contribution in [-0.2, 0) is 19.6 Å². The average molecular weight is 363 g/mol. The Hall–Kier alpha value is -1.35. The number of piperidine rings is 1. The summed E-state index contributed by atoms with van der Waals surface area (Å²) in [6.45, 7) is 6.63. The minimum atomic E-state index is -3.44. The fraction of sp³-hybridized carbons (Fsp3) is 0.867. The van der Waals surface area contributed by atoms with Gasteiger partial charge in [-0.15, -0.1) is 0 Å². The summed E-state index contributed by atoms with van der Waals surface area (Å²) in [7, 11) is -3.44. The molecule has 0 aromatic carbocycles. The molecular weight excluding hydrogens is 334 g/mol. The summed E-state index contributed by atoms with van der Waals surface area (Å²) in [5.74, 6) is -0.310. The molecule has 0 aromatic heterocycles. The number of sulfonamides is 1. The number of carbonyl (C=O) groups excluding carboxylic acids is 2. The Balaban J connectivity index is 2.50. The molecule has 1 unspecified atom stereocenters. The van der Waals surface area contributed by atoms with Gasteiger partial charge in [-0.1, -0.05) is 6.92 Å². The summed E-state index contributed by atoms with van der Waals surface area (Å²) in [5.41, 5.74) is 0. The summed E-state index contributed by atoms with van der Waals surface area (Å²) < 4.78 is 29.8. The van der Waals surface area contributed by atoms with Crippen LogP contribution in [0.2, 0.25) is 0 Å². The van der Waals surface area contributed by atoms with Gasteiger partial charge in [0, 0.05) is 25.2 Å². The van der Waals surface area contributed by atoms with Crippen LogP contribution in [0.15, 0.2) is 0 Å². The number of amides is 2. The third-order valence-corrected chi connectivity index (χ3v) is 5.53. The minimum absolute atomic E-state index is 0.0541. The van der Waals surface area contributed by atoms with E-state index in [4.69, 9.17) is 4.74 Å². The second-order valence-electron chi connectivity index (χ2n) is 6.09. The summed E-state index contributed by atoms with van der Waals surface area (Å²) >= 11 is 0. The lowest BCUT2D eigenvalue weighted by molar-refractivity contribution is -0.122. The van der Waals surface area contributed by atoms with E-state index in [1.54, 1.807) is 18.7 Å². The van der Waals surface area contributed by atoms with Gasteiger partial charge in [-0.2, -0.15) is 4.31 Å². The van der Waals surface area contributed by atoms with Crippen molar-refractivity contribution in [2.45, 2.75) is 52.1 Å². The van der Waals surface area contributed by atoms with Gasteiger partial charge in [0.25, 0.3) is 0 Å². The lowest BCUT2D eigenvalue weighted by atomic mass is 10.1. The van der Waals surface area contributed by atoms with E-state index in [1.807, 2.05) is 6.92 Å². The molecule has 1 saturated heterocycles.